The molecule has 1 saturated heterocycles. The van der Waals surface area contributed by atoms with Gasteiger partial charge in [0.2, 0.25) is 5.91 Å². The summed E-state index contributed by atoms with van der Waals surface area (Å²) in [5.41, 5.74) is 4.53. The number of hydrogen-bond acceptors (Lipinski definition) is 4. The fraction of sp³-hybridized carbons (Fsp3) is 0.487. The van der Waals surface area contributed by atoms with Gasteiger partial charge in [0.1, 0.15) is 5.75 Å². The van der Waals surface area contributed by atoms with E-state index in [-0.39, 0.29) is 24.4 Å². The molecule has 4 rings (SSSR count). The summed E-state index contributed by atoms with van der Waals surface area (Å²) in [7, 11) is 0. The number of piperidine rings is 1. The van der Waals surface area contributed by atoms with Crippen LogP contribution in [0.25, 0.3) is 0 Å². The van der Waals surface area contributed by atoms with Crippen LogP contribution in [0.2, 0.25) is 0 Å². The first-order valence-corrected chi connectivity index (χ1v) is 16.8. The van der Waals surface area contributed by atoms with Crippen molar-refractivity contribution >= 4 is 11.9 Å². The van der Waals surface area contributed by atoms with Crippen molar-refractivity contribution in [3.8, 4) is 5.75 Å². The molecule has 2 aliphatic rings. The number of allylic oxidation sites excluding steroid dienone is 4. The number of nitrogens with zero attached hydrogens (tertiary/aromatic N) is 1. The molecule has 0 saturated carbocycles. The minimum Gasteiger partial charge on any atom is -0.478 e. The van der Waals surface area contributed by atoms with Crippen LogP contribution in [0.1, 0.15) is 88.8 Å². The molecule has 0 radical (unpaired) electrons. The average molecular weight is 613 g/mol. The van der Waals surface area contributed by atoms with Gasteiger partial charge in [0.15, 0.2) is 5.60 Å². The molecule has 2 atom stereocenters. The summed E-state index contributed by atoms with van der Waals surface area (Å²) in [5.74, 6) is -0.541. The first-order valence-electron chi connectivity index (χ1n) is 16.8. The Morgan fingerprint density at radius 3 is 2.49 bits per heavy atom. The number of carbonyl (C=O) groups excluding carboxylic acids is 1. The third kappa shape index (κ3) is 10.2. The van der Waals surface area contributed by atoms with Crippen LogP contribution in [-0.4, -0.2) is 52.7 Å². The normalized spacial score (nSPS) is 20.6. The highest BCUT2D eigenvalue weighted by Crippen LogP contribution is 2.28. The molecule has 1 fully saturated rings. The molecule has 0 spiro atoms. The molecule has 45 heavy (non-hydrogen) atoms. The van der Waals surface area contributed by atoms with Crippen LogP contribution in [0, 0.1) is 6.92 Å². The van der Waals surface area contributed by atoms with Gasteiger partial charge in [0.25, 0.3) is 0 Å². The van der Waals surface area contributed by atoms with Gasteiger partial charge in [-0.3, -0.25) is 9.69 Å². The maximum absolute atomic E-state index is 13.6. The summed E-state index contributed by atoms with van der Waals surface area (Å²) in [4.78, 5) is 27.7. The summed E-state index contributed by atoms with van der Waals surface area (Å²) < 4.78 is 5.71. The topological polar surface area (TPSA) is 78.9 Å². The number of carboxylic acids is 1. The van der Waals surface area contributed by atoms with E-state index >= 15 is 0 Å². The molecular formula is C39H52N2O4. The van der Waals surface area contributed by atoms with Crippen molar-refractivity contribution in [2.45, 2.75) is 110 Å². The molecule has 2 N–H and O–H groups in total. The molecule has 6 heteroatoms. The van der Waals surface area contributed by atoms with Crippen molar-refractivity contribution in [3.63, 3.8) is 0 Å². The minimum absolute atomic E-state index is 0.00200. The molecule has 0 aromatic heterocycles. The van der Waals surface area contributed by atoms with Crippen molar-refractivity contribution in [1.82, 2.24) is 10.2 Å². The molecule has 1 heterocycles. The van der Waals surface area contributed by atoms with Gasteiger partial charge in [-0.15, -0.1) is 0 Å². The third-order valence-electron chi connectivity index (χ3n) is 9.03. The van der Waals surface area contributed by atoms with Crippen LogP contribution >= 0.6 is 0 Å². The molecule has 242 valence electrons. The predicted octanol–water partition coefficient (Wildman–Crippen LogP) is 7.75. The Kier molecular flexibility index (Phi) is 12.6. The van der Waals surface area contributed by atoms with Gasteiger partial charge in [-0.25, -0.2) is 4.79 Å². The monoisotopic (exact) mass is 612 g/mol. The standard InChI is InChI=1S/C39H52N2O4/c1-5-6-18-35(40-37(42)28-32-22-23-33(27-29(32)2)45-39(3,4)38(43)44)34-17-13-16-31(20-19-30-14-9-7-10-15-30)21-24-36(34)41-25-11-8-12-26-41/h7,9-10,14-17,21-24,27,35-36H,5-6,8,11-13,18-20,25-26,28H2,1-4H3,(H,40,42)(H,43,44)/b24-21?,31-16-,34-17-. The number of benzene rings is 2. The lowest BCUT2D eigenvalue weighted by molar-refractivity contribution is -0.152. The van der Waals surface area contributed by atoms with Crippen molar-refractivity contribution < 1.29 is 19.4 Å². The number of rotatable bonds is 14. The first-order chi connectivity index (χ1) is 21.7. The Labute approximate surface area is 270 Å². The van der Waals surface area contributed by atoms with E-state index in [2.05, 4.69) is 71.8 Å². The van der Waals surface area contributed by atoms with Crippen LogP contribution in [0.4, 0.5) is 0 Å². The third-order valence-corrected chi connectivity index (χ3v) is 9.03. The Balaban J connectivity index is 1.51. The SMILES string of the molecule is CCCCC(NC(=O)Cc1ccc(OC(C)(C)C(=O)O)cc1C)/C1=C/C/C=C(/CCc2ccccc2)C=CC1N1CCCCC1. The second-order valence-corrected chi connectivity index (χ2v) is 13.0. The Morgan fingerprint density at radius 1 is 1.04 bits per heavy atom. The molecule has 0 bridgehead atoms. The van der Waals surface area contributed by atoms with Gasteiger partial charge in [-0.05, 0) is 107 Å². The first kappa shape index (κ1) is 34.2. The van der Waals surface area contributed by atoms with Crippen LogP contribution in [0.5, 0.6) is 5.75 Å². The highest BCUT2D eigenvalue weighted by molar-refractivity contribution is 5.80. The number of aryl methyl sites for hydroxylation is 2. The second-order valence-electron chi connectivity index (χ2n) is 13.0. The molecule has 2 unspecified atom stereocenters. The number of aliphatic carboxylic acids is 1. The van der Waals surface area contributed by atoms with Gasteiger partial charge in [-0.1, -0.05) is 92.5 Å². The number of nitrogens with one attached hydrogen (secondary N) is 1. The second kappa shape index (κ2) is 16.6. The number of likely N-dealkylation sites (tertiary alicyclic amines) is 1. The van der Waals surface area contributed by atoms with Crippen molar-refractivity contribution in [1.29, 1.82) is 0 Å². The quantitative estimate of drug-likeness (QED) is 0.213. The number of ether oxygens (including phenoxy) is 1. The lowest BCUT2D eigenvalue weighted by atomic mass is 9.88. The van der Waals surface area contributed by atoms with Gasteiger partial charge in [-0.2, -0.15) is 0 Å². The highest BCUT2D eigenvalue weighted by Gasteiger charge is 2.30. The summed E-state index contributed by atoms with van der Waals surface area (Å²) in [6, 6.07) is 16.3. The Hall–Kier alpha value is -3.64. The van der Waals surface area contributed by atoms with E-state index in [9.17, 15) is 14.7 Å². The number of carboxylic acid groups (broad SMARTS) is 1. The minimum atomic E-state index is -1.33. The smallest absolute Gasteiger partial charge is 0.347 e. The summed E-state index contributed by atoms with van der Waals surface area (Å²) in [6.07, 6.45) is 19.4. The van der Waals surface area contributed by atoms with E-state index in [0.29, 0.717) is 5.75 Å². The molecular weight excluding hydrogens is 560 g/mol. The van der Waals surface area contributed by atoms with Gasteiger partial charge < -0.3 is 15.2 Å². The van der Waals surface area contributed by atoms with Gasteiger partial charge >= 0.3 is 5.97 Å². The van der Waals surface area contributed by atoms with Crippen molar-refractivity contribution in [2.75, 3.05) is 13.1 Å². The van der Waals surface area contributed by atoms with Gasteiger partial charge in [0, 0.05) is 0 Å². The largest absolute Gasteiger partial charge is 0.478 e. The van der Waals surface area contributed by atoms with Crippen LogP contribution in [-0.2, 0) is 22.4 Å². The zero-order valence-electron chi connectivity index (χ0n) is 27.7. The maximum Gasteiger partial charge on any atom is 0.347 e. The van der Waals surface area contributed by atoms with Crippen LogP contribution in [0.15, 0.2) is 84.0 Å². The fourth-order valence-corrected chi connectivity index (χ4v) is 6.27. The van der Waals surface area contributed by atoms with E-state index in [0.717, 1.165) is 62.7 Å². The van der Waals surface area contributed by atoms with Crippen LogP contribution < -0.4 is 10.1 Å². The molecule has 2 aromatic rings. The van der Waals surface area contributed by atoms with E-state index in [1.807, 2.05) is 19.1 Å². The number of hydrogen-bond donors (Lipinski definition) is 2. The van der Waals surface area contributed by atoms with E-state index in [1.54, 1.807) is 6.07 Å². The maximum atomic E-state index is 13.6. The molecule has 1 aliphatic heterocycles. The molecule has 1 aliphatic carbocycles. The lowest BCUT2D eigenvalue weighted by Gasteiger charge is -2.38. The van der Waals surface area contributed by atoms with Crippen LogP contribution in [0.3, 0.4) is 0 Å². The zero-order valence-corrected chi connectivity index (χ0v) is 27.7. The predicted molar refractivity (Wildman–Crippen MR) is 183 cm³/mol. The molecule has 6 nitrogen and oxygen atoms in total. The summed E-state index contributed by atoms with van der Waals surface area (Å²) in [5, 5.41) is 12.9. The van der Waals surface area contributed by atoms with E-state index in [1.165, 1.54) is 49.8 Å². The number of amides is 1. The summed E-state index contributed by atoms with van der Waals surface area (Å²) >= 11 is 0. The van der Waals surface area contributed by atoms with Crippen molar-refractivity contribution in [2.24, 2.45) is 0 Å². The van der Waals surface area contributed by atoms with E-state index in [4.69, 9.17) is 4.74 Å². The van der Waals surface area contributed by atoms with Gasteiger partial charge in [0.05, 0.1) is 18.5 Å². The Morgan fingerprint density at radius 2 is 1.80 bits per heavy atom. The number of unbranched alkanes of at least 4 members (excludes halogenated alkanes) is 1. The lowest BCUT2D eigenvalue weighted by Crippen LogP contribution is -2.46. The number of carbonyl (C=O) groups is 2. The average Bonchev–Trinajstić information content (AvgIpc) is 3.01. The highest BCUT2D eigenvalue weighted by atomic mass is 16.5. The zero-order chi connectivity index (χ0) is 32.2. The summed E-state index contributed by atoms with van der Waals surface area (Å²) in [6.45, 7) is 9.36. The van der Waals surface area contributed by atoms with Crippen molar-refractivity contribution in [3.05, 3.63) is 101 Å². The Bertz CT molecular complexity index is 1370. The fourth-order valence-electron chi connectivity index (χ4n) is 6.27. The molecule has 2 aromatic carbocycles. The molecule has 1 amide bonds. The van der Waals surface area contributed by atoms with E-state index < -0.39 is 11.6 Å².